The van der Waals surface area contributed by atoms with E-state index in [0.717, 1.165) is 36.7 Å². The maximum Gasteiger partial charge on any atom is 0.337 e. The number of carbonyl (C=O) groups is 4. The van der Waals surface area contributed by atoms with Gasteiger partial charge in [0.25, 0.3) is 5.91 Å². The molecule has 12 nitrogen and oxygen atoms in total. The fourth-order valence-corrected chi connectivity index (χ4v) is 5.79. The van der Waals surface area contributed by atoms with Crippen LogP contribution in [0.1, 0.15) is 65.4 Å². The highest BCUT2D eigenvalue weighted by Crippen LogP contribution is 2.47. The lowest BCUT2D eigenvalue weighted by atomic mass is 10.0. The Hall–Kier alpha value is -5.26. The number of fused-ring (bicyclic) bond motifs is 1. The molecule has 45 heavy (non-hydrogen) atoms. The van der Waals surface area contributed by atoms with Crippen molar-refractivity contribution in [1.82, 2.24) is 19.4 Å². The normalized spacial score (nSPS) is 15.4. The first kappa shape index (κ1) is 29.8. The molecule has 2 saturated carbocycles. The van der Waals surface area contributed by atoms with E-state index >= 15 is 0 Å². The SMILES string of the molecule is COC(=O)c1cccc(NC(=O)C2(C(=O)Nc3ccc(Nc4ncc5cc(C(=O)N(C)C)n(C6CCCC6)c5n4)cc3)CC2)c1. The zero-order valence-electron chi connectivity index (χ0n) is 25.4. The van der Waals surface area contributed by atoms with Crippen LogP contribution in [0.5, 0.6) is 0 Å². The molecule has 232 valence electrons. The zero-order valence-corrected chi connectivity index (χ0v) is 25.4. The van der Waals surface area contributed by atoms with Crippen molar-refractivity contribution in [3.05, 3.63) is 72.1 Å². The Morgan fingerprint density at radius 2 is 1.58 bits per heavy atom. The van der Waals surface area contributed by atoms with Crippen LogP contribution in [0.25, 0.3) is 11.0 Å². The molecule has 2 aromatic heterocycles. The topological polar surface area (TPSA) is 148 Å². The van der Waals surface area contributed by atoms with Crippen molar-refractivity contribution in [2.75, 3.05) is 37.2 Å². The highest BCUT2D eigenvalue weighted by atomic mass is 16.5. The summed E-state index contributed by atoms with van der Waals surface area (Å²) in [6.07, 6.45) is 6.82. The van der Waals surface area contributed by atoms with Gasteiger partial charge in [-0.3, -0.25) is 14.4 Å². The molecule has 3 amide bonds. The van der Waals surface area contributed by atoms with Crippen LogP contribution in [-0.2, 0) is 14.3 Å². The highest BCUT2D eigenvalue weighted by molar-refractivity contribution is 6.17. The number of hydrogen-bond acceptors (Lipinski definition) is 8. The maximum atomic E-state index is 13.2. The maximum absolute atomic E-state index is 13.2. The van der Waals surface area contributed by atoms with Crippen molar-refractivity contribution >= 4 is 57.7 Å². The molecule has 2 aromatic carbocycles. The van der Waals surface area contributed by atoms with Crippen LogP contribution in [0.2, 0.25) is 0 Å². The summed E-state index contributed by atoms with van der Waals surface area (Å²) < 4.78 is 6.80. The van der Waals surface area contributed by atoms with Crippen LogP contribution in [0.4, 0.5) is 23.0 Å². The molecule has 0 unspecified atom stereocenters. The summed E-state index contributed by atoms with van der Waals surface area (Å²) in [7, 11) is 4.78. The second-order valence-electron chi connectivity index (χ2n) is 11.8. The van der Waals surface area contributed by atoms with E-state index in [2.05, 4.69) is 25.5 Å². The van der Waals surface area contributed by atoms with Crippen LogP contribution in [-0.4, -0.2) is 64.3 Å². The van der Waals surface area contributed by atoms with Gasteiger partial charge < -0.3 is 30.2 Å². The minimum Gasteiger partial charge on any atom is -0.465 e. The van der Waals surface area contributed by atoms with Crippen LogP contribution < -0.4 is 16.0 Å². The quantitative estimate of drug-likeness (QED) is 0.175. The van der Waals surface area contributed by atoms with E-state index in [1.165, 1.54) is 13.2 Å². The smallest absolute Gasteiger partial charge is 0.337 e. The van der Waals surface area contributed by atoms with Gasteiger partial charge in [0.2, 0.25) is 17.8 Å². The van der Waals surface area contributed by atoms with Gasteiger partial charge in [0, 0.05) is 48.8 Å². The molecule has 0 saturated heterocycles. The van der Waals surface area contributed by atoms with Gasteiger partial charge in [-0.15, -0.1) is 0 Å². The molecule has 0 spiro atoms. The number of benzene rings is 2. The van der Waals surface area contributed by atoms with Crippen LogP contribution in [0.3, 0.4) is 0 Å². The summed E-state index contributed by atoms with van der Waals surface area (Å²) in [5.74, 6) is -1.00. The van der Waals surface area contributed by atoms with E-state index in [9.17, 15) is 19.2 Å². The molecule has 0 bridgehead atoms. The van der Waals surface area contributed by atoms with Crippen molar-refractivity contribution in [2.24, 2.45) is 5.41 Å². The van der Waals surface area contributed by atoms with Crippen LogP contribution in [0.15, 0.2) is 60.8 Å². The van der Waals surface area contributed by atoms with Crippen LogP contribution >= 0.6 is 0 Å². The molecule has 6 rings (SSSR count). The third-order valence-corrected chi connectivity index (χ3v) is 8.45. The summed E-state index contributed by atoms with van der Waals surface area (Å²) in [6, 6.07) is 15.5. The molecule has 2 heterocycles. The number of rotatable bonds is 9. The van der Waals surface area contributed by atoms with E-state index in [4.69, 9.17) is 9.72 Å². The summed E-state index contributed by atoms with van der Waals surface area (Å²) in [6.45, 7) is 0. The summed E-state index contributed by atoms with van der Waals surface area (Å²) in [4.78, 5) is 61.9. The summed E-state index contributed by atoms with van der Waals surface area (Å²) >= 11 is 0. The Kier molecular flexibility index (Phi) is 7.96. The minimum atomic E-state index is -1.18. The Labute approximate surface area is 260 Å². The second-order valence-corrected chi connectivity index (χ2v) is 11.8. The minimum absolute atomic E-state index is 0.0646. The number of amides is 3. The van der Waals surface area contributed by atoms with E-state index in [0.29, 0.717) is 47.1 Å². The van der Waals surface area contributed by atoms with Gasteiger partial charge in [0.05, 0.1) is 12.7 Å². The molecule has 3 N–H and O–H groups in total. The average Bonchev–Trinajstić information content (AvgIpc) is 3.53. The number of ether oxygens (including phenoxy) is 1. The van der Waals surface area contributed by atoms with Gasteiger partial charge in [0.1, 0.15) is 16.8 Å². The molecular formula is C33H35N7O5. The van der Waals surface area contributed by atoms with Gasteiger partial charge in [-0.25, -0.2) is 9.78 Å². The molecule has 4 aromatic rings. The fourth-order valence-electron chi connectivity index (χ4n) is 5.79. The first-order valence-electron chi connectivity index (χ1n) is 15.0. The zero-order chi connectivity index (χ0) is 31.7. The van der Waals surface area contributed by atoms with Crippen molar-refractivity contribution in [3.8, 4) is 0 Å². The Morgan fingerprint density at radius 3 is 2.22 bits per heavy atom. The second kappa shape index (κ2) is 12.0. The van der Waals surface area contributed by atoms with E-state index in [-0.39, 0.29) is 11.9 Å². The average molecular weight is 610 g/mol. The first-order chi connectivity index (χ1) is 21.7. The Balaban J connectivity index is 1.13. The molecule has 0 atom stereocenters. The number of nitrogens with zero attached hydrogens (tertiary/aromatic N) is 4. The number of nitrogens with one attached hydrogen (secondary N) is 3. The fraction of sp³-hybridized carbons (Fsp3) is 0.333. The van der Waals surface area contributed by atoms with Gasteiger partial charge >= 0.3 is 5.97 Å². The molecule has 2 aliphatic carbocycles. The van der Waals surface area contributed by atoms with E-state index < -0.39 is 23.2 Å². The van der Waals surface area contributed by atoms with Gasteiger partial charge in [-0.2, -0.15) is 4.98 Å². The lowest BCUT2D eigenvalue weighted by Crippen LogP contribution is -2.35. The van der Waals surface area contributed by atoms with E-state index in [1.54, 1.807) is 67.7 Å². The molecular weight excluding hydrogens is 574 g/mol. The van der Waals surface area contributed by atoms with Crippen molar-refractivity contribution < 1.29 is 23.9 Å². The first-order valence-corrected chi connectivity index (χ1v) is 15.0. The number of hydrogen-bond donors (Lipinski definition) is 3. The highest BCUT2D eigenvalue weighted by Gasteiger charge is 2.56. The lowest BCUT2D eigenvalue weighted by Gasteiger charge is -2.19. The third-order valence-electron chi connectivity index (χ3n) is 8.45. The standard InChI is InChI=1S/C33H35N7O5/c1-39(2)28(41)26-18-21-19-34-32(38-27(21)40(26)25-9-4-5-10-25)37-23-13-11-22(12-14-23)35-30(43)33(15-16-33)31(44)36-24-8-6-7-20(17-24)29(42)45-3/h6-8,11-14,17-19,25H,4-5,9-10,15-16H2,1-3H3,(H,35,43)(H,36,44)(H,34,37,38). The van der Waals surface area contributed by atoms with Gasteiger partial charge in [-0.05, 0) is 74.2 Å². The van der Waals surface area contributed by atoms with Gasteiger partial charge in [0.15, 0.2) is 0 Å². The molecule has 12 heteroatoms. The molecule has 0 aliphatic heterocycles. The molecule has 2 aliphatic rings. The molecule has 0 radical (unpaired) electrons. The van der Waals surface area contributed by atoms with Crippen molar-refractivity contribution in [2.45, 2.75) is 44.6 Å². The largest absolute Gasteiger partial charge is 0.465 e. The molecule has 2 fully saturated rings. The van der Waals surface area contributed by atoms with Crippen LogP contribution in [0, 0.1) is 5.41 Å². The Morgan fingerprint density at radius 1 is 0.911 bits per heavy atom. The number of anilines is 4. The lowest BCUT2D eigenvalue weighted by molar-refractivity contribution is -0.131. The van der Waals surface area contributed by atoms with Crippen molar-refractivity contribution in [3.63, 3.8) is 0 Å². The number of aromatic nitrogens is 3. The Bertz CT molecular complexity index is 1790. The number of esters is 1. The predicted molar refractivity (Wildman–Crippen MR) is 169 cm³/mol. The van der Waals surface area contributed by atoms with E-state index in [1.807, 2.05) is 6.07 Å². The monoisotopic (exact) mass is 609 g/mol. The summed E-state index contributed by atoms with van der Waals surface area (Å²) in [5.41, 5.74) is 2.12. The predicted octanol–water partition coefficient (Wildman–Crippen LogP) is 5.14. The number of methoxy groups -OCH3 is 1. The third kappa shape index (κ3) is 5.95. The number of carbonyl (C=O) groups excluding carboxylic acids is 4. The van der Waals surface area contributed by atoms with Gasteiger partial charge in [-0.1, -0.05) is 18.9 Å². The summed E-state index contributed by atoms with van der Waals surface area (Å²) in [5, 5.41) is 9.64. The van der Waals surface area contributed by atoms with Crippen molar-refractivity contribution in [1.29, 1.82) is 0 Å².